The van der Waals surface area contributed by atoms with Crippen LogP contribution in [0, 0.1) is 0 Å². The monoisotopic (exact) mass is 311 g/mol. The van der Waals surface area contributed by atoms with Crippen LogP contribution in [0.3, 0.4) is 0 Å². The number of thiocarbonyl (C=S) groups is 1. The van der Waals surface area contributed by atoms with E-state index in [1.54, 1.807) is 11.3 Å². The predicted molar refractivity (Wildman–Crippen MR) is 82.4 cm³/mol. The van der Waals surface area contributed by atoms with Crippen molar-refractivity contribution < 1.29 is 9.53 Å². The maximum Gasteiger partial charge on any atom is 0.285 e. The largest absolute Gasteiger partial charge is 0.378 e. The summed E-state index contributed by atoms with van der Waals surface area (Å²) in [7, 11) is 0. The topological polar surface area (TPSA) is 54.5 Å². The van der Waals surface area contributed by atoms with Gasteiger partial charge >= 0.3 is 0 Å². The molecule has 1 aliphatic carbocycles. The van der Waals surface area contributed by atoms with Crippen molar-refractivity contribution >= 4 is 39.6 Å². The van der Waals surface area contributed by atoms with Crippen LogP contribution >= 0.6 is 23.6 Å². The lowest BCUT2D eigenvalue weighted by atomic mass is 10.0. The lowest BCUT2D eigenvalue weighted by molar-refractivity contribution is -0.111. The molecule has 1 saturated heterocycles. The zero-order valence-corrected chi connectivity index (χ0v) is 12.8. The smallest absolute Gasteiger partial charge is 0.285 e. The lowest BCUT2D eigenvalue weighted by Crippen LogP contribution is -2.44. The van der Waals surface area contributed by atoms with Crippen LogP contribution in [0.15, 0.2) is 0 Å². The van der Waals surface area contributed by atoms with Gasteiger partial charge < -0.3 is 9.64 Å². The van der Waals surface area contributed by atoms with Crippen molar-refractivity contribution in [1.82, 2.24) is 9.88 Å². The molecule has 0 atom stereocenters. The third kappa shape index (κ3) is 2.99. The molecule has 7 heteroatoms. The van der Waals surface area contributed by atoms with Crippen molar-refractivity contribution in [1.29, 1.82) is 0 Å². The summed E-state index contributed by atoms with van der Waals surface area (Å²) < 4.78 is 5.26. The number of fused-ring (bicyclic) bond motifs is 1. The van der Waals surface area contributed by atoms with Gasteiger partial charge in [0.1, 0.15) is 0 Å². The number of hydrogen-bond acceptors (Lipinski definition) is 5. The number of aryl methyl sites for hydroxylation is 2. The highest BCUT2D eigenvalue weighted by Crippen LogP contribution is 2.29. The molecule has 5 nitrogen and oxygen atoms in total. The minimum atomic E-state index is -0.229. The molecule has 0 unspecified atom stereocenters. The number of nitrogens with one attached hydrogen (secondary N) is 1. The minimum Gasteiger partial charge on any atom is -0.378 e. The third-order valence-corrected chi connectivity index (χ3v) is 5.08. The summed E-state index contributed by atoms with van der Waals surface area (Å²) in [6.07, 6.45) is 4.51. The van der Waals surface area contributed by atoms with E-state index in [1.165, 1.54) is 17.7 Å². The summed E-state index contributed by atoms with van der Waals surface area (Å²) in [4.78, 5) is 20.2. The Kier molecular flexibility index (Phi) is 4.28. The number of morpholine rings is 1. The molecule has 1 fully saturated rings. The Morgan fingerprint density at radius 2 is 2.05 bits per heavy atom. The van der Waals surface area contributed by atoms with E-state index >= 15 is 0 Å². The van der Waals surface area contributed by atoms with Gasteiger partial charge in [0.15, 0.2) is 10.1 Å². The van der Waals surface area contributed by atoms with Crippen LogP contribution in [-0.4, -0.2) is 47.1 Å². The molecule has 0 radical (unpaired) electrons. The molecule has 1 amide bonds. The second kappa shape index (κ2) is 6.15. The first kappa shape index (κ1) is 13.9. The summed E-state index contributed by atoms with van der Waals surface area (Å²) >= 11 is 6.82. The van der Waals surface area contributed by atoms with Crippen LogP contribution in [0.2, 0.25) is 0 Å². The average Bonchev–Trinajstić information content (AvgIpc) is 2.89. The van der Waals surface area contributed by atoms with Gasteiger partial charge in [-0.3, -0.25) is 10.1 Å². The summed E-state index contributed by atoms with van der Waals surface area (Å²) in [5.41, 5.74) is 1.15. The Balaban J connectivity index is 1.63. The zero-order chi connectivity index (χ0) is 13.9. The zero-order valence-electron chi connectivity index (χ0n) is 11.2. The van der Waals surface area contributed by atoms with Crippen molar-refractivity contribution in [3.05, 3.63) is 10.6 Å². The number of carbonyl (C=O) groups excluding carboxylic acids is 1. The highest BCUT2D eigenvalue weighted by atomic mass is 32.1. The molecule has 2 heterocycles. The number of aromatic nitrogens is 1. The molecule has 0 aromatic carbocycles. The van der Waals surface area contributed by atoms with E-state index in [0.29, 0.717) is 36.4 Å². The average molecular weight is 311 g/mol. The molecule has 3 rings (SSSR count). The van der Waals surface area contributed by atoms with Crippen molar-refractivity contribution in [2.75, 3.05) is 31.6 Å². The van der Waals surface area contributed by atoms with Crippen LogP contribution in [0.1, 0.15) is 23.4 Å². The molecule has 1 N–H and O–H groups in total. The molecule has 2 aliphatic rings. The Bertz CT molecular complexity index is 500. The van der Waals surface area contributed by atoms with E-state index in [4.69, 9.17) is 17.0 Å². The third-order valence-electron chi connectivity index (χ3n) is 3.56. The number of hydrogen-bond donors (Lipinski definition) is 1. The van der Waals surface area contributed by atoms with Crippen molar-refractivity contribution in [3.63, 3.8) is 0 Å². The first-order chi connectivity index (χ1) is 9.74. The van der Waals surface area contributed by atoms with Crippen molar-refractivity contribution in [2.24, 2.45) is 0 Å². The Morgan fingerprint density at radius 1 is 1.30 bits per heavy atom. The number of rotatable bonds is 1. The first-order valence-electron chi connectivity index (χ1n) is 6.90. The highest BCUT2D eigenvalue weighted by molar-refractivity contribution is 7.82. The van der Waals surface area contributed by atoms with Crippen LogP contribution < -0.4 is 5.32 Å². The highest BCUT2D eigenvalue weighted by Gasteiger charge is 2.22. The number of amides is 1. The van der Waals surface area contributed by atoms with Crippen molar-refractivity contribution in [2.45, 2.75) is 25.7 Å². The molecule has 1 aromatic rings. The Morgan fingerprint density at radius 3 is 2.80 bits per heavy atom. The van der Waals surface area contributed by atoms with Crippen molar-refractivity contribution in [3.8, 4) is 0 Å². The molecule has 1 aliphatic heterocycles. The van der Waals surface area contributed by atoms with Gasteiger partial charge in [-0.15, -0.1) is 11.3 Å². The van der Waals surface area contributed by atoms with Gasteiger partial charge in [-0.25, -0.2) is 4.98 Å². The normalized spacial score (nSPS) is 18.5. The maximum absolute atomic E-state index is 12.2. The fraction of sp³-hybridized carbons (Fsp3) is 0.615. The molecular weight excluding hydrogens is 294 g/mol. The van der Waals surface area contributed by atoms with Gasteiger partial charge in [-0.05, 0) is 25.7 Å². The fourth-order valence-electron chi connectivity index (χ4n) is 2.47. The van der Waals surface area contributed by atoms with Crippen LogP contribution in [0.25, 0.3) is 0 Å². The second-order valence-corrected chi connectivity index (χ2v) is 6.43. The van der Waals surface area contributed by atoms with Gasteiger partial charge in [-0.2, -0.15) is 0 Å². The lowest BCUT2D eigenvalue weighted by Gasteiger charge is -2.28. The first-order valence-corrected chi connectivity index (χ1v) is 8.13. The number of carbonyl (C=O) groups is 1. The number of anilines is 1. The molecule has 0 bridgehead atoms. The standard InChI is InChI=1S/C13H17N3O2S2/c17-11(12(19)16-5-7-18-8-6-16)15-13-14-9-3-1-2-4-10(9)20-13/h1-8H2,(H,14,15,17). The van der Waals surface area contributed by atoms with Gasteiger partial charge in [0.25, 0.3) is 5.91 Å². The molecule has 1 aromatic heterocycles. The van der Waals surface area contributed by atoms with E-state index in [1.807, 2.05) is 4.90 Å². The summed E-state index contributed by atoms with van der Waals surface area (Å²) in [5.74, 6) is -0.229. The number of ether oxygens (including phenoxy) is 1. The van der Waals surface area contributed by atoms with E-state index in [0.717, 1.165) is 18.5 Å². The van der Waals surface area contributed by atoms with Crippen LogP contribution in [0.4, 0.5) is 5.13 Å². The summed E-state index contributed by atoms with van der Waals surface area (Å²) in [6, 6.07) is 0. The Labute approximate surface area is 127 Å². The van der Waals surface area contributed by atoms with E-state index in [2.05, 4.69) is 10.3 Å². The molecule has 0 spiro atoms. The quantitative estimate of drug-likeness (QED) is 0.799. The van der Waals surface area contributed by atoms with Crippen LogP contribution in [-0.2, 0) is 22.4 Å². The van der Waals surface area contributed by atoms with Gasteiger partial charge in [0.2, 0.25) is 0 Å². The van der Waals surface area contributed by atoms with E-state index in [9.17, 15) is 4.79 Å². The van der Waals surface area contributed by atoms with E-state index in [-0.39, 0.29) is 5.91 Å². The second-order valence-electron chi connectivity index (χ2n) is 4.95. The molecular formula is C13H17N3O2S2. The minimum absolute atomic E-state index is 0.229. The number of nitrogens with zero attached hydrogens (tertiary/aromatic N) is 2. The summed E-state index contributed by atoms with van der Waals surface area (Å²) in [6.45, 7) is 2.61. The number of thiazole rings is 1. The molecule has 20 heavy (non-hydrogen) atoms. The van der Waals surface area contributed by atoms with Gasteiger partial charge in [-0.1, -0.05) is 12.2 Å². The predicted octanol–water partition coefficient (Wildman–Crippen LogP) is 1.62. The van der Waals surface area contributed by atoms with Gasteiger partial charge in [0, 0.05) is 18.0 Å². The summed E-state index contributed by atoms with van der Waals surface area (Å²) in [5, 5.41) is 3.52. The Hall–Kier alpha value is -1.05. The van der Waals surface area contributed by atoms with Crippen LogP contribution in [0.5, 0.6) is 0 Å². The fourth-order valence-corrected chi connectivity index (χ4v) is 3.74. The molecule has 0 saturated carbocycles. The maximum atomic E-state index is 12.2. The molecule has 108 valence electrons. The van der Waals surface area contributed by atoms with Gasteiger partial charge in [0.05, 0.1) is 18.9 Å². The SMILES string of the molecule is O=C(Nc1nc2c(s1)CCCC2)C(=S)N1CCOCC1. The van der Waals surface area contributed by atoms with E-state index < -0.39 is 0 Å².